The Labute approximate surface area is 113 Å². The predicted molar refractivity (Wildman–Crippen MR) is 70.2 cm³/mol. The van der Waals surface area contributed by atoms with E-state index in [0.717, 1.165) is 32.1 Å². The largest absolute Gasteiger partial charge is 0.390 e. The first-order chi connectivity index (χ1) is 8.99. The van der Waals surface area contributed by atoms with Gasteiger partial charge in [-0.2, -0.15) is 0 Å². The van der Waals surface area contributed by atoms with E-state index in [1.54, 1.807) is 7.05 Å². The molecule has 3 atom stereocenters. The normalized spacial score (nSPS) is 32.0. The average molecular weight is 269 g/mol. The topological polar surface area (TPSA) is 86.9 Å². The van der Waals surface area contributed by atoms with E-state index in [1.807, 2.05) is 0 Å². The van der Waals surface area contributed by atoms with Gasteiger partial charge in [-0.1, -0.05) is 0 Å². The number of carbonyl (C=O) groups is 2. The number of nitrogens with two attached hydrogens (primary N) is 1. The second-order valence-corrected chi connectivity index (χ2v) is 5.83. The molecule has 6 nitrogen and oxygen atoms in total. The van der Waals surface area contributed by atoms with Gasteiger partial charge in [-0.25, -0.2) is 0 Å². The molecule has 0 aromatic heterocycles. The molecule has 2 aliphatic rings. The number of fused-ring (bicyclic) bond motifs is 2. The number of aliphatic hydroxyl groups excluding tert-OH is 1. The molecule has 2 rings (SSSR count). The van der Waals surface area contributed by atoms with Crippen molar-refractivity contribution >= 4 is 12.3 Å². The highest BCUT2D eigenvalue weighted by atomic mass is 16.3. The van der Waals surface area contributed by atoms with Gasteiger partial charge in [0.1, 0.15) is 5.54 Å². The number of hydrogen-bond donors (Lipinski definition) is 2. The number of rotatable bonds is 6. The fraction of sp³-hybridized carbons (Fsp3) is 0.846. The number of piperidine rings is 1. The van der Waals surface area contributed by atoms with Gasteiger partial charge in [-0.05, 0) is 32.1 Å². The van der Waals surface area contributed by atoms with E-state index in [4.69, 9.17) is 5.73 Å². The summed E-state index contributed by atoms with van der Waals surface area (Å²) in [4.78, 5) is 25.9. The maximum atomic E-state index is 11.8. The Morgan fingerprint density at radius 1 is 1.58 bits per heavy atom. The van der Waals surface area contributed by atoms with Gasteiger partial charge in [0.25, 0.3) is 0 Å². The zero-order valence-electron chi connectivity index (χ0n) is 11.4. The first-order valence-corrected chi connectivity index (χ1v) is 6.90. The minimum absolute atomic E-state index is 0.273. The van der Waals surface area contributed by atoms with Crippen LogP contribution in [-0.4, -0.2) is 65.0 Å². The van der Waals surface area contributed by atoms with Crippen LogP contribution in [0.3, 0.4) is 0 Å². The Morgan fingerprint density at radius 3 is 2.95 bits per heavy atom. The summed E-state index contributed by atoms with van der Waals surface area (Å²) in [5, 5.41) is 10.1. The molecule has 3 N–H and O–H groups in total. The molecule has 6 heteroatoms. The minimum atomic E-state index is -0.646. The third-order valence-corrected chi connectivity index (χ3v) is 4.55. The lowest BCUT2D eigenvalue weighted by Gasteiger charge is -2.43. The van der Waals surface area contributed by atoms with Gasteiger partial charge in [-0.15, -0.1) is 0 Å². The number of amides is 2. The average Bonchev–Trinajstić information content (AvgIpc) is 2.59. The summed E-state index contributed by atoms with van der Waals surface area (Å²) in [6.45, 7) is 0.688. The highest BCUT2D eigenvalue weighted by Gasteiger charge is 2.52. The Kier molecular flexibility index (Phi) is 4.10. The highest BCUT2D eigenvalue weighted by Crippen LogP contribution is 2.43. The van der Waals surface area contributed by atoms with Crippen LogP contribution < -0.4 is 5.73 Å². The molecule has 0 radical (unpaired) electrons. The maximum absolute atomic E-state index is 11.8. The Morgan fingerprint density at radius 2 is 2.32 bits per heavy atom. The quantitative estimate of drug-likeness (QED) is 0.625. The Balaban J connectivity index is 2.05. The zero-order valence-corrected chi connectivity index (χ0v) is 11.4. The lowest BCUT2D eigenvalue weighted by Crippen LogP contribution is -2.60. The molecule has 0 aliphatic carbocycles. The molecule has 19 heavy (non-hydrogen) atoms. The number of β-amino-alcohol motifs (C(OH)–C–C–N with tert-alkyl or cyclic N) is 1. The van der Waals surface area contributed by atoms with Crippen molar-refractivity contribution in [2.45, 2.75) is 49.8 Å². The summed E-state index contributed by atoms with van der Waals surface area (Å²) in [5.74, 6) is -0.273. The molecular formula is C13H23N3O3. The van der Waals surface area contributed by atoms with Crippen LogP contribution in [0, 0.1) is 0 Å². The van der Waals surface area contributed by atoms with Crippen LogP contribution in [0.4, 0.5) is 0 Å². The summed E-state index contributed by atoms with van der Waals surface area (Å²) in [7, 11) is 1.63. The molecule has 1 unspecified atom stereocenters. The van der Waals surface area contributed by atoms with Crippen molar-refractivity contribution < 1.29 is 14.7 Å². The van der Waals surface area contributed by atoms with Gasteiger partial charge < -0.3 is 15.7 Å². The summed E-state index contributed by atoms with van der Waals surface area (Å²) in [6.07, 6.45) is 4.68. The number of aliphatic hydroxyl groups is 1. The van der Waals surface area contributed by atoms with Crippen molar-refractivity contribution in [3.63, 3.8) is 0 Å². The monoisotopic (exact) mass is 269 g/mol. The van der Waals surface area contributed by atoms with Crippen molar-refractivity contribution in [1.29, 1.82) is 0 Å². The summed E-state index contributed by atoms with van der Waals surface area (Å²) in [5.41, 5.74) is 5.04. The van der Waals surface area contributed by atoms with Gasteiger partial charge in [-0.3, -0.25) is 14.5 Å². The summed E-state index contributed by atoms with van der Waals surface area (Å²) < 4.78 is 0. The molecule has 2 bridgehead atoms. The fourth-order valence-corrected chi connectivity index (χ4v) is 3.63. The van der Waals surface area contributed by atoms with Crippen LogP contribution >= 0.6 is 0 Å². The van der Waals surface area contributed by atoms with Crippen molar-refractivity contribution in [2.75, 3.05) is 20.1 Å². The SMILES string of the molecule is CN(C=O)CC(O)CN1[C@H]2CCC[C@]1(C(N)=O)CC2. The van der Waals surface area contributed by atoms with E-state index in [1.165, 1.54) is 4.90 Å². The van der Waals surface area contributed by atoms with Crippen molar-refractivity contribution in [2.24, 2.45) is 5.73 Å². The van der Waals surface area contributed by atoms with Crippen molar-refractivity contribution in [3.05, 3.63) is 0 Å². The minimum Gasteiger partial charge on any atom is -0.390 e. The van der Waals surface area contributed by atoms with E-state index in [0.29, 0.717) is 19.0 Å². The molecule has 2 amide bonds. The number of nitrogens with zero attached hydrogens (tertiary/aromatic N) is 2. The number of likely N-dealkylation sites (N-methyl/N-ethyl adjacent to an activating group) is 1. The zero-order chi connectivity index (χ0) is 14.0. The smallest absolute Gasteiger partial charge is 0.237 e. The van der Waals surface area contributed by atoms with Gasteiger partial charge >= 0.3 is 0 Å². The molecule has 108 valence electrons. The lowest BCUT2D eigenvalue weighted by atomic mass is 9.87. The van der Waals surface area contributed by atoms with Gasteiger partial charge in [0.2, 0.25) is 12.3 Å². The van der Waals surface area contributed by atoms with E-state index < -0.39 is 11.6 Å². The second-order valence-electron chi connectivity index (χ2n) is 5.83. The molecule has 2 fully saturated rings. The summed E-state index contributed by atoms with van der Waals surface area (Å²) >= 11 is 0. The van der Waals surface area contributed by atoms with E-state index in [2.05, 4.69) is 4.90 Å². The van der Waals surface area contributed by atoms with Crippen LogP contribution in [0.1, 0.15) is 32.1 Å². The molecule has 2 aliphatic heterocycles. The molecule has 0 aromatic rings. The Hall–Kier alpha value is -1.14. The molecule has 0 saturated carbocycles. The number of hydrogen-bond acceptors (Lipinski definition) is 4. The predicted octanol–water partition coefficient (Wildman–Crippen LogP) is -0.692. The second kappa shape index (κ2) is 5.46. The van der Waals surface area contributed by atoms with E-state index >= 15 is 0 Å². The van der Waals surface area contributed by atoms with E-state index in [9.17, 15) is 14.7 Å². The molecular weight excluding hydrogens is 246 g/mol. The molecule has 0 aromatic carbocycles. The maximum Gasteiger partial charge on any atom is 0.237 e. The van der Waals surface area contributed by atoms with Gasteiger partial charge in [0.15, 0.2) is 0 Å². The molecule has 0 spiro atoms. The molecule has 2 saturated heterocycles. The third kappa shape index (κ3) is 2.60. The van der Waals surface area contributed by atoms with Crippen molar-refractivity contribution in [3.8, 4) is 0 Å². The van der Waals surface area contributed by atoms with Crippen LogP contribution in [0.5, 0.6) is 0 Å². The van der Waals surface area contributed by atoms with Crippen molar-refractivity contribution in [1.82, 2.24) is 9.80 Å². The fourth-order valence-electron chi connectivity index (χ4n) is 3.63. The first-order valence-electron chi connectivity index (χ1n) is 6.90. The number of primary amides is 1. The molecule has 2 heterocycles. The highest BCUT2D eigenvalue weighted by molar-refractivity contribution is 5.85. The standard InChI is InChI=1S/C13H23N3O3/c1-15(9-17)7-11(18)8-16-10-3-2-5-13(16,6-4-10)12(14)19/h9-11,18H,2-8H2,1H3,(H2,14,19)/t10-,11?,13+/m0/s1. The number of carbonyl (C=O) groups excluding carboxylic acids is 2. The van der Waals surface area contributed by atoms with E-state index in [-0.39, 0.29) is 12.5 Å². The Bertz CT molecular complexity index is 359. The van der Waals surface area contributed by atoms with Gasteiger partial charge in [0.05, 0.1) is 6.10 Å². The van der Waals surface area contributed by atoms with Crippen LogP contribution in [0.15, 0.2) is 0 Å². The lowest BCUT2D eigenvalue weighted by molar-refractivity contribution is -0.133. The third-order valence-electron chi connectivity index (χ3n) is 4.55. The van der Waals surface area contributed by atoms with Crippen LogP contribution in [0.25, 0.3) is 0 Å². The van der Waals surface area contributed by atoms with Crippen LogP contribution in [0.2, 0.25) is 0 Å². The summed E-state index contributed by atoms with van der Waals surface area (Å²) in [6, 6.07) is 0.345. The van der Waals surface area contributed by atoms with Crippen LogP contribution in [-0.2, 0) is 9.59 Å². The van der Waals surface area contributed by atoms with Gasteiger partial charge in [0, 0.05) is 26.2 Å². The first kappa shape index (κ1) is 14.3.